The molecule has 1 saturated carbocycles. The molecule has 0 amide bonds. The zero-order chi connectivity index (χ0) is 21.5. The summed E-state index contributed by atoms with van der Waals surface area (Å²) in [6.45, 7) is 5.80. The molecule has 0 aromatic heterocycles. The van der Waals surface area contributed by atoms with Crippen molar-refractivity contribution in [3.05, 3.63) is 88.0 Å². The second-order valence-electron chi connectivity index (χ2n) is 8.89. The van der Waals surface area contributed by atoms with E-state index in [0.717, 1.165) is 53.5 Å². The van der Waals surface area contributed by atoms with Gasteiger partial charge in [-0.05, 0) is 85.9 Å². The van der Waals surface area contributed by atoms with Crippen LogP contribution in [0.3, 0.4) is 0 Å². The number of para-hydroxylation sites is 1. The third kappa shape index (κ3) is 3.43. The minimum atomic E-state index is -0.330. The van der Waals surface area contributed by atoms with Crippen molar-refractivity contribution >= 4 is 0 Å². The summed E-state index contributed by atoms with van der Waals surface area (Å²) in [5, 5.41) is 31.1. The van der Waals surface area contributed by atoms with Crippen molar-refractivity contribution in [2.75, 3.05) is 0 Å². The van der Waals surface area contributed by atoms with Gasteiger partial charge in [0.05, 0.1) is 0 Å². The van der Waals surface area contributed by atoms with Crippen molar-refractivity contribution in [1.29, 1.82) is 0 Å². The van der Waals surface area contributed by atoms with E-state index >= 15 is 0 Å². The Morgan fingerprint density at radius 1 is 0.800 bits per heavy atom. The number of aryl methyl sites for hydroxylation is 3. The van der Waals surface area contributed by atoms with Crippen LogP contribution in [0, 0.1) is 20.8 Å². The van der Waals surface area contributed by atoms with Crippen LogP contribution < -0.4 is 0 Å². The molecule has 0 aliphatic heterocycles. The van der Waals surface area contributed by atoms with Gasteiger partial charge in [-0.2, -0.15) is 0 Å². The lowest BCUT2D eigenvalue weighted by atomic mass is 9.60. The minimum absolute atomic E-state index is 0.295. The molecule has 3 nitrogen and oxygen atoms in total. The van der Waals surface area contributed by atoms with Gasteiger partial charge in [0, 0.05) is 11.0 Å². The second kappa shape index (κ2) is 7.71. The molecule has 1 aliphatic rings. The van der Waals surface area contributed by atoms with Crippen LogP contribution in [-0.2, 0) is 5.41 Å². The molecule has 4 rings (SSSR count). The smallest absolute Gasteiger partial charge is 0.122 e. The zero-order valence-corrected chi connectivity index (χ0v) is 17.9. The van der Waals surface area contributed by atoms with E-state index in [4.69, 9.17) is 0 Å². The molecule has 2 unspecified atom stereocenters. The highest BCUT2D eigenvalue weighted by Gasteiger charge is 2.42. The summed E-state index contributed by atoms with van der Waals surface area (Å²) >= 11 is 0. The minimum Gasteiger partial charge on any atom is -0.508 e. The van der Waals surface area contributed by atoms with Crippen molar-refractivity contribution in [3.8, 4) is 17.2 Å². The lowest BCUT2D eigenvalue weighted by molar-refractivity contribution is 0.300. The Bertz CT molecular complexity index is 1090. The maximum Gasteiger partial charge on any atom is 0.122 e. The van der Waals surface area contributed by atoms with E-state index in [-0.39, 0.29) is 5.41 Å². The van der Waals surface area contributed by atoms with Crippen LogP contribution in [0.15, 0.2) is 54.6 Å². The van der Waals surface area contributed by atoms with Crippen molar-refractivity contribution in [2.45, 2.75) is 57.8 Å². The Kier molecular flexibility index (Phi) is 5.23. The van der Waals surface area contributed by atoms with Crippen LogP contribution >= 0.6 is 0 Å². The fraction of sp³-hybridized carbons (Fsp3) is 0.333. The van der Waals surface area contributed by atoms with Gasteiger partial charge in [-0.1, -0.05) is 48.9 Å². The third-order valence-corrected chi connectivity index (χ3v) is 6.95. The zero-order valence-electron chi connectivity index (χ0n) is 17.9. The van der Waals surface area contributed by atoms with Crippen LogP contribution in [0.2, 0.25) is 0 Å². The van der Waals surface area contributed by atoms with E-state index in [2.05, 4.69) is 18.2 Å². The molecule has 0 spiro atoms. The third-order valence-electron chi connectivity index (χ3n) is 6.95. The Balaban J connectivity index is 1.87. The average Bonchev–Trinajstić information content (AvgIpc) is 2.74. The Labute approximate surface area is 178 Å². The molecule has 3 aromatic carbocycles. The van der Waals surface area contributed by atoms with Crippen LogP contribution in [0.25, 0.3) is 0 Å². The van der Waals surface area contributed by atoms with Gasteiger partial charge >= 0.3 is 0 Å². The first-order valence-electron chi connectivity index (χ1n) is 10.7. The maximum absolute atomic E-state index is 11.1. The number of phenolic OH excluding ortho intramolecular Hbond substituents is 3. The van der Waals surface area contributed by atoms with Gasteiger partial charge in [0.1, 0.15) is 17.2 Å². The SMILES string of the molecule is Cc1cc(C2CCCC(c3ccc(O)c(C)c3)(c3cccc(C)c3O)C2)ccc1O. The van der Waals surface area contributed by atoms with Gasteiger partial charge in [-0.25, -0.2) is 0 Å². The number of aromatic hydroxyl groups is 3. The van der Waals surface area contributed by atoms with Gasteiger partial charge in [-0.15, -0.1) is 0 Å². The van der Waals surface area contributed by atoms with Crippen molar-refractivity contribution < 1.29 is 15.3 Å². The molecule has 0 heterocycles. The predicted octanol–water partition coefficient (Wildman–Crippen LogP) is 6.37. The molecule has 3 N–H and O–H groups in total. The van der Waals surface area contributed by atoms with Gasteiger partial charge < -0.3 is 15.3 Å². The summed E-state index contributed by atoms with van der Waals surface area (Å²) in [6, 6.07) is 17.8. The lowest BCUT2D eigenvalue weighted by Crippen LogP contribution is -2.34. The molecular weight excluding hydrogens is 372 g/mol. The van der Waals surface area contributed by atoms with Gasteiger partial charge in [0.25, 0.3) is 0 Å². The fourth-order valence-corrected chi connectivity index (χ4v) is 5.15. The monoisotopic (exact) mass is 402 g/mol. The quantitative estimate of drug-likeness (QED) is 0.477. The number of rotatable bonds is 3. The Morgan fingerprint density at radius 3 is 2.20 bits per heavy atom. The normalized spacial score (nSPS) is 21.5. The van der Waals surface area contributed by atoms with Crippen LogP contribution in [0.4, 0.5) is 0 Å². The number of hydrogen-bond acceptors (Lipinski definition) is 3. The molecule has 0 saturated heterocycles. The maximum atomic E-state index is 11.1. The van der Waals surface area contributed by atoms with E-state index in [1.807, 2.05) is 45.0 Å². The lowest BCUT2D eigenvalue weighted by Gasteiger charge is -2.43. The molecule has 156 valence electrons. The van der Waals surface area contributed by atoms with Crippen LogP contribution in [0.1, 0.15) is 65.0 Å². The summed E-state index contributed by atoms with van der Waals surface area (Å²) < 4.78 is 0. The fourth-order valence-electron chi connectivity index (χ4n) is 5.15. The molecule has 0 radical (unpaired) electrons. The van der Waals surface area contributed by atoms with E-state index < -0.39 is 0 Å². The molecule has 3 heteroatoms. The summed E-state index contributed by atoms with van der Waals surface area (Å²) in [5.74, 6) is 1.31. The van der Waals surface area contributed by atoms with Gasteiger partial charge in [0.15, 0.2) is 0 Å². The first kappa shape index (κ1) is 20.3. The average molecular weight is 403 g/mol. The number of phenols is 3. The molecule has 1 fully saturated rings. The summed E-state index contributed by atoms with van der Waals surface area (Å²) in [4.78, 5) is 0. The highest BCUT2D eigenvalue weighted by Crippen LogP contribution is 2.53. The standard InChI is InChI=1S/C27H30O3/c1-17-6-4-8-23(26(17)30)27(22-10-12-25(29)19(3)15-22)13-5-7-21(16-27)20-9-11-24(28)18(2)14-20/h4,6,8-12,14-15,21,28-30H,5,7,13,16H2,1-3H3. The van der Waals surface area contributed by atoms with Crippen molar-refractivity contribution in [3.63, 3.8) is 0 Å². The largest absolute Gasteiger partial charge is 0.508 e. The second-order valence-corrected chi connectivity index (χ2v) is 8.89. The van der Waals surface area contributed by atoms with Gasteiger partial charge in [-0.3, -0.25) is 0 Å². The van der Waals surface area contributed by atoms with E-state index in [9.17, 15) is 15.3 Å². The predicted molar refractivity (Wildman–Crippen MR) is 121 cm³/mol. The van der Waals surface area contributed by atoms with E-state index in [0.29, 0.717) is 23.2 Å². The summed E-state index contributed by atoms with van der Waals surface area (Å²) in [6.07, 6.45) is 3.94. The Hall–Kier alpha value is -2.94. The molecule has 0 bridgehead atoms. The molecule has 1 aliphatic carbocycles. The first-order chi connectivity index (χ1) is 14.3. The Morgan fingerprint density at radius 2 is 1.50 bits per heavy atom. The first-order valence-corrected chi connectivity index (χ1v) is 10.7. The summed E-state index contributed by atoms with van der Waals surface area (Å²) in [7, 11) is 0. The van der Waals surface area contributed by atoms with Crippen molar-refractivity contribution in [1.82, 2.24) is 0 Å². The summed E-state index contributed by atoms with van der Waals surface area (Å²) in [5.41, 5.74) is 5.63. The van der Waals surface area contributed by atoms with E-state index in [1.54, 1.807) is 12.1 Å². The van der Waals surface area contributed by atoms with Crippen LogP contribution in [-0.4, -0.2) is 15.3 Å². The number of benzene rings is 3. The molecule has 2 atom stereocenters. The van der Waals surface area contributed by atoms with Crippen molar-refractivity contribution in [2.24, 2.45) is 0 Å². The highest BCUT2D eigenvalue weighted by atomic mass is 16.3. The van der Waals surface area contributed by atoms with E-state index in [1.165, 1.54) is 5.56 Å². The topological polar surface area (TPSA) is 60.7 Å². The number of hydrogen-bond donors (Lipinski definition) is 3. The van der Waals surface area contributed by atoms with Crippen LogP contribution in [0.5, 0.6) is 17.2 Å². The molecule has 30 heavy (non-hydrogen) atoms. The molecule has 3 aromatic rings. The van der Waals surface area contributed by atoms with Gasteiger partial charge in [0.2, 0.25) is 0 Å². The molecular formula is C27H30O3. The highest BCUT2D eigenvalue weighted by molar-refractivity contribution is 5.53.